The number of benzene rings is 2. The number of nitrogens with two attached hydrogens (primary N) is 1. The summed E-state index contributed by atoms with van der Waals surface area (Å²) in [6.45, 7) is 0.249. The molecule has 0 saturated heterocycles. The number of carbonyl (C=O) groups excluding carboxylic acids is 1. The zero-order valence-corrected chi connectivity index (χ0v) is 14.4. The molecule has 0 fully saturated rings. The van der Waals surface area contributed by atoms with E-state index in [1.54, 1.807) is 25.3 Å². The Balaban J connectivity index is 1.85. The Morgan fingerprint density at radius 2 is 1.84 bits per heavy atom. The van der Waals surface area contributed by atoms with E-state index in [0.29, 0.717) is 5.75 Å². The lowest BCUT2D eigenvalue weighted by Crippen LogP contribution is -2.31. The van der Waals surface area contributed by atoms with Gasteiger partial charge in [-0.3, -0.25) is 0 Å². The van der Waals surface area contributed by atoms with Gasteiger partial charge in [-0.05, 0) is 29.8 Å². The standard InChI is InChI=1S/C17H19N3O4S/c1-24-16-5-3-2-4-14(16)10-11-19-17(21)20-12-13-6-8-15(9-7-13)25(18,22)23/h2-11H,12H2,1H3,(H2,18,22,23)(H2,19,20,21)/b11-10+. The second kappa shape index (κ2) is 8.32. The van der Waals surface area contributed by atoms with E-state index in [0.717, 1.165) is 11.1 Å². The van der Waals surface area contributed by atoms with Gasteiger partial charge in [0.1, 0.15) is 5.75 Å². The monoisotopic (exact) mass is 361 g/mol. The summed E-state index contributed by atoms with van der Waals surface area (Å²) in [6.07, 6.45) is 3.23. The van der Waals surface area contributed by atoms with Gasteiger partial charge in [0.05, 0.1) is 12.0 Å². The molecule has 0 heterocycles. The molecular weight excluding hydrogens is 342 g/mol. The first-order valence-electron chi connectivity index (χ1n) is 7.36. The number of nitrogens with one attached hydrogen (secondary N) is 2. The second-order valence-corrected chi connectivity index (χ2v) is 6.65. The van der Waals surface area contributed by atoms with Crippen LogP contribution in [-0.4, -0.2) is 21.6 Å². The first-order chi connectivity index (χ1) is 11.9. The summed E-state index contributed by atoms with van der Waals surface area (Å²) in [4.78, 5) is 11.8. The van der Waals surface area contributed by atoms with Gasteiger partial charge in [0.15, 0.2) is 0 Å². The Morgan fingerprint density at radius 1 is 1.16 bits per heavy atom. The molecule has 25 heavy (non-hydrogen) atoms. The molecule has 0 aromatic heterocycles. The predicted octanol–water partition coefficient (Wildman–Crippen LogP) is 1.81. The number of sulfonamides is 1. The van der Waals surface area contributed by atoms with Crippen molar-refractivity contribution in [1.82, 2.24) is 10.6 Å². The topological polar surface area (TPSA) is 111 Å². The summed E-state index contributed by atoms with van der Waals surface area (Å²) in [5.74, 6) is 0.705. The third kappa shape index (κ3) is 5.63. The lowest BCUT2D eigenvalue weighted by atomic mass is 10.2. The molecule has 0 aliphatic heterocycles. The summed E-state index contributed by atoms with van der Waals surface area (Å²) < 4.78 is 27.6. The average molecular weight is 361 g/mol. The SMILES string of the molecule is COc1ccccc1/C=C/NC(=O)NCc1ccc(S(N)(=O)=O)cc1. The van der Waals surface area contributed by atoms with Gasteiger partial charge in [-0.25, -0.2) is 18.4 Å². The molecule has 132 valence electrons. The van der Waals surface area contributed by atoms with Crippen LogP contribution in [0.1, 0.15) is 11.1 Å². The molecule has 2 aromatic rings. The number of methoxy groups -OCH3 is 1. The van der Waals surface area contributed by atoms with Gasteiger partial charge in [0, 0.05) is 18.3 Å². The van der Waals surface area contributed by atoms with Crippen molar-refractivity contribution in [3.8, 4) is 5.75 Å². The van der Waals surface area contributed by atoms with Crippen LogP contribution >= 0.6 is 0 Å². The molecule has 0 saturated carbocycles. The van der Waals surface area contributed by atoms with Crippen molar-refractivity contribution >= 4 is 22.1 Å². The molecule has 4 N–H and O–H groups in total. The van der Waals surface area contributed by atoms with E-state index in [-0.39, 0.29) is 17.5 Å². The maximum absolute atomic E-state index is 11.8. The zero-order chi connectivity index (χ0) is 18.3. The van der Waals surface area contributed by atoms with Crippen molar-refractivity contribution in [1.29, 1.82) is 0 Å². The Hall–Kier alpha value is -2.84. The number of amides is 2. The van der Waals surface area contributed by atoms with E-state index in [2.05, 4.69) is 10.6 Å². The van der Waals surface area contributed by atoms with E-state index in [9.17, 15) is 13.2 Å². The van der Waals surface area contributed by atoms with Crippen molar-refractivity contribution in [3.05, 3.63) is 65.9 Å². The van der Waals surface area contributed by atoms with Gasteiger partial charge in [-0.1, -0.05) is 30.3 Å². The number of urea groups is 1. The van der Waals surface area contributed by atoms with E-state index in [4.69, 9.17) is 9.88 Å². The molecule has 2 amide bonds. The van der Waals surface area contributed by atoms with Gasteiger partial charge in [-0.2, -0.15) is 0 Å². The molecule has 0 atom stereocenters. The van der Waals surface area contributed by atoms with Crippen LogP contribution in [-0.2, 0) is 16.6 Å². The summed E-state index contributed by atoms with van der Waals surface area (Å²) in [6, 6.07) is 13.0. The highest BCUT2D eigenvalue weighted by molar-refractivity contribution is 7.89. The quantitative estimate of drug-likeness (QED) is 0.729. The Labute approximate surface area is 146 Å². The number of carbonyl (C=O) groups is 1. The van der Waals surface area contributed by atoms with Crippen LogP contribution in [0.4, 0.5) is 4.79 Å². The molecule has 0 bridgehead atoms. The van der Waals surface area contributed by atoms with E-state index >= 15 is 0 Å². The summed E-state index contributed by atoms with van der Waals surface area (Å²) >= 11 is 0. The molecule has 2 aromatic carbocycles. The van der Waals surface area contributed by atoms with Gasteiger partial charge in [-0.15, -0.1) is 0 Å². The normalized spacial score (nSPS) is 11.3. The summed E-state index contributed by atoms with van der Waals surface area (Å²) in [5, 5.41) is 10.3. The summed E-state index contributed by atoms with van der Waals surface area (Å²) in [7, 11) is -2.14. The van der Waals surface area contributed by atoms with Crippen LogP contribution < -0.4 is 20.5 Å². The predicted molar refractivity (Wildman–Crippen MR) is 95.2 cm³/mol. The molecule has 7 nitrogen and oxygen atoms in total. The van der Waals surface area contributed by atoms with Crippen molar-refractivity contribution in [3.63, 3.8) is 0 Å². The van der Waals surface area contributed by atoms with Crippen molar-refractivity contribution in [2.24, 2.45) is 5.14 Å². The highest BCUT2D eigenvalue weighted by Gasteiger charge is 2.07. The van der Waals surface area contributed by atoms with Gasteiger partial charge in [0.25, 0.3) is 0 Å². The van der Waals surface area contributed by atoms with Crippen molar-refractivity contribution < 1.29 is 17.9 Å². The first kappa shape index (κ1) is 18.5. The lowest BCUT2D eigenvalue weighted by molar-refractivity contribution is 0.244. The van der Waals surface area contributed by atoms with E-state index < -0.39 is 10.0 Å². The third-order valence-corrected chi connectivity index (χ3v) is 4.25. The number of ether oxygens (including phenoxy) is 1. The average Bonchev–Trinajstić information content (AvgIpc) is 2.60. The lowest BCUT2D eigenvalue weighted by Gasteiger charge is -2.06. The van der Waals surface area contributed by atoms with Crippen LogP contribution in [0.2, 0.25) is 0 Å². The third-order valence-electron chi connectivity index (χ3n) is 3.32. The number of hydrogen-bond acceptors (Lipinski definition) is 4. The van der Waals surface area contributed by atoms with Gasteiger partial charge < -0.3 is 15.4 Å². The van der Waals surface area contributed by atoms with Crippen LogP contribution in [0.15, 0.2) is 59.6 Å². The molecule has 0 spiro atoms. The second-order valence-electron chi connectivity index (χ2n) is 5.09. The number of rotatable bonds is 6. The maximum Gasteiger partial charge on any atom is 0.319 e. The molecule has 2 rings (SSSR count). The number of primary sulfonamides is 1. The maximum atomic E-state index is 11.8. The minimum Gasteiger partial charge on any atom is -0.496 e. The Morgan fingerprint density at radius 3 is 2.48 bits per heavy atom. The fourth-order valence-corrected chi connectivity index (χ4v) is 2.56. The fraction of sp³-hybridized carbons (Fsp3) is 0.118. The molecule has 0 radical (unpaired) electrons. The zero-order valence-electron chi connectivity index (χ0n) is 13.6. The number of hydrogen-bond donors (Lipinski definition) is 3. The fourth-order valence-electron chi connectivity index (χ4n) is 2.04. The Bertz CT molecular complexity index is 862. The molecular formula is C17H19N3O4S. The van der Waals surface area contributed by atoms with Crippen LogP contribution in [0.25, 0.3) is 6.08 Å². The number of para-hydroxylation sites is 1. The van der Waals surface area contributed by atoms with Crippen LogP contribution in [0, 0.1) is 0 Å². The first-order valence-corrected chi connectivity index (χ1v) is 8.90. The van der Waals surface area contributed by atoms with Crippen LogP contribution in [0.5, 0.6) is 5.75 Å². The minimum absolute atomic E-state index is 0.0282. The Kier molecular flexibility index (Phi) is 6.15. The molecule has 8 heteroatoms. The highest BCUT2D eigenvalue weighted by Crippen LogP contribution is 2.18. The van der Waals surface area contributed by atoms with Crippen LogP contribution in [0.3, 0.4) is 0 Å². The van der Waals surface area contributed by atoms with Crippen molar-refractivity contribution in [2.75, 3.05) is 7.11 Å². The van der Waals surface area contributed by atoms with Gasteiger partial charge in [0.2, 0.25) is 10.0 Å². The van der Waals surface area contributed by atoms with Crippen molar-refractivity contribution in [2.45, 2.75) is 11.4 Å². The molecule has 0 unspecified atom stereocenters. The van der Waals surface area contributed by atoms with Gasteiger partial charge >= 0.3 is 6.03 Å². The molecule has 0 aliphatic rings. The summed E-state index contributed by atoms with van der Waals surface area (Å²) in [5.41, 5.74) is 1.58. The largest absolute Gasteiger partial charge is 0.496 e. The smallest absolute Gasteiger partial charge is 0.319 e. The highest BCUT2D eigenvalue weighted by atomic mass is 32.2. The van der Waals surface area contributed by atoms with E-state index in [1.165, 1.54) is 18.3 Å². The molecule has 0 aliphatic carbocycles. The minimum atomic E-state index is -3.71. The van der Waals surface area contributed by atoms with E-state index in [1.807, 2.05) is 24.3 Å².